The average Bonchev–Trinajstić information content (AvgIpc) is 3.04. The van der Waals surface area contributed by atoms with Crippen LogP contribution in [0.25, 0.3) is 0 Å². The van der Waals surface area contributed by atoms with E-state index in [1.165, 1.54) is 6.20 Å². The molecular weight excluding hydrogens is 308 g/mol. The molecule has 1 aromatic heterocycles. The molecule has 0 saturated carbocycles. The van der Waals surface area contributed by atoms with E-state index < -0.39 is 5.97 Å². The summed E-state index contributed by atoms with van der Waals surface area (Å²) in [5, 5.41) is 2.81. The van der Waals surface area contributed by atoms with Crippen LogP contribution in [-0.2, 0) is 11.2 Å². The summed E-state index contributed by atoms with van der Waals surface area (Å²) in [5.41, 5.74) is 2.99. The van der Waals surface area contributed by atoms with E-state index in [4.69, 9.17) is 9.47 Å². The number of rotatable bonds is 4. The molecule has 0 bridgehead atoms. The van der Waals surface area contributed by atoms with Gasteiger partial charge in [-0.3, -0.25) is 9.78 Å². The number of amides is 1. The second-order valence-corrected chi connectivity index (χ2v) is 5.45. The van der Waals surface area contributed by atoms with Crippen molar-refractivity contribution >= 4 is 17.6 Å². The predicted octanol–water partition coefficient (Wildman–Crippen LogP) is 2.75. The van der Waals surface area contributed by atoms with Gasteiger partial charge in [0.15, 0.2) is 0 Å². The molecule has 1 aromatic carbocycles. The van der Waals surface area contributed by atoms with Crippen LogP contribution in [0.5, 0.6) is 5.75 Å². The molecule has 1 aliphatic heterocycles. The second-order valence-electron chi connectivity index (χ2n) is 5.45. The number of esters is 1. The van der Waals surface area contributed by atoms with Crippen molar-refractivity contribution in [3.05, 3.63) is 52.8 Å². The topological polar surface area (TPSA) is 77.5 Å². The van der Waals surface area contributed by atoms with E-state index in [1.54, 1.807) is 32.0 Å². The van der Waals surface area contributed by atoms with E-state index in [9.17, 15) is 9.59 Å². The highest BCUT2D eigenvalue weighted by Gasteiger charge is 2.17. The number of benzene rings is 1. The summed E-state index contributed by atoms with van der Waals surface area (Å²) in [6.45, 7) is 4.43. The number of carbonyl (C=O) groups is 2. The molecule has 6 heteroatoms. The number of pyridine rings is 1. The van der Waals surface area contributed by atoms with E-state index in [-0.39, 0.29) is 12.5 Å². The number of aryl methyl sites for hydroxylation is 1. The average molecular weight is 326 g/mol. The number of hydrogen-bond donors (Lipinski definition) is 1. The van der Waals surface area contributed by atoms with Crippen molar-refractivity contribution in [2.45, 2.75) is 20.3 Å². The van der Waals surface area contributed by atoms with Gasteiger partial charge in [0.25, 0.3) is 5.91 Å². The van der Waals surface area contributed by atoms with Crippen LogP contribution < -0.4 is 10.1 Å². The van der Waals surface area contributed by atoms with Gasteiger partial charge in [0.1, 0.15) is 5.75 Å². The van der Waals surface area contributed by atoms with E-state index in [2.05, 4.69) is 10.3 Å². The van der Waals surface area contributed by atoms with Gasteiger partial charge in [0.05, 0.1) is 30.2 Å². The molecule has 24 heavy (non-hydrogen) atoms. The minimum atomic E-state index is -0.463. The predicted molar refractivity (Wildman–Crippen MR) is 88.5 cm³/mol. The van der Waals surface area contributed by atoms with Crippen LogP contribution in [0.4, 0.5) is 5.69 Å². The first-order valence-electron chi connectivity index (χ1n) is 7.79. The summed E-state index contributed by atoms with van der Waals surface area (Å²) >= 11 is 0. The normalized spacial score (nSPS) is 12.2. The number of carbonyl (C=O) groups excluding carboxylic acids is 2. The fourth-order valence-electron chi connectivity index (χ4n) is 2.51. The first-order chi connectivity index (χ1) is 11.6. The van der Waals surface area contributed by atoms with E-state index >= 15 is 0 Å². The van der Waals surface area contributed by atoms with Crippen molar-refractivity contribution in [2.75, 3.05) is 18.5 Å². The van der Waals surface area contributed by atoms with Crippen LogP contribution in [-0.4, -0.2) is 30.1 Å². The minimum absolute atomic E-state index is 0.254. The van der Waals surface area contributed by atoms with Gasteiger partial charge in [-0.2, -0.15) is 0 Å². The molecule has 0 unspecified atom stereocenters. The maximum atomic E-state index is 12.5. The fourth-order valence-corrected chi connectivity index (χ4v) is 2.51. The molecular formula is C18H18N2O4. The molecule has 1 aliphatic rings. The largest absolute Gasteiger partial charge is 0.493 e. The summed E-state index contributed by atoms with van der Waals surface area (Å²) in [6.07, 6.45) is 2.24. The van der Waals surface area contributed by atoms with Crippen LogP contribution in [0.15, 0.2) is 30.5 Å². The summed E-state index contributed by atoms with van der Waals surface area (Å²) < 4.78 is 10.4. The highest BCUT2D eigenvalue weighted by molar-refractivity contribution is 6.05. The number of aromatic nitrogens is 1. The molecule has 0 radical (unpaired) electrons. The Balaban J connectivity index is 1.81. The lowest BCUT2D eigenvalue weighted by molar-refractivity contribution is 0.0525. The lowest BCUT2D eigenvalue weighted by atomic mass is 10.1. The van der Waals surface area contributed by atoms with E-state index in [0.29, 0.717) is 29.1 Å². The Morgan fingerprint density at radius 2 is 2.12 bits per heavy atom. The van der Waals surface area contributed by atoms with Crippen molar-refractivity contribution in [3.8, 4) is 5.75 Å². The van der Waals surface area contributed by atoms with Crippen molar-refractivity contribution in [1.82, 2.24) is 4.98 Å². The minimum Gasteiger partial charge on any atom is -0.493 e. The number of anilines is 1. The van der Waals surface area contributed by atoms with Gasteiger partial charge >= 0.3 is 5.97 Å². The Labute approximate surface area is 139 Å². The van der Waals surface area contributed by atoms with Crippen molar-refractivity contribution < 1.29 is 19.1 Å². The fraction of sp³-hybridized carbons (Fsp3) is 0.278. The molecule has 1 amide bonds. The standard InChI is InChI=1S/C18H18N2O4/c1-3-23-18(22)14-9-15(11(2)19-10-14)20-17(21)13-4-5-16-12(8-13)6-7-24-16/h4-5,8-10H,3,6-7H2,1-2H3,(H,20,21). The van der Waals surface area contributed by atoms with Gasteiger partial charge < -0.3 is 14.8 Å². The summed E-state index contributed by atoms with van der Waals surface area (Å²) in [4.78, 5) is 28.4. The van der Waals surface area contributed by atoms with Gasteiger partial charge in [-0.1, -0.05) is 0 Å². The van der Waals surface area contributed by atoms with Crippen LogP contribution in [0.2, 0.25) is 0 Å². The van der Waals surface area contributed by atoms with Gasteiger partial charge in [-0.15, -0.1) is 0 Å². The zero-order chi connectivity index (χ0) is 17.1. The molecule has 6 nitrogen and oxygen atoms in total. The summed E-state index contributed by atoms with van der Waals surface area (Å²) in [7, 11) is 0. The van der Waals surface area contributed by atoms with Crippen LogP contribution >= 0.6 is 0 Å². The maximum Gasteiger partial charge on any atom is 0.339 e. The Morgan fingerprint density at radius 3 is 2.92 bits per heavy atom. The Kier molecular flexibility index (Phi) is 4.46. The Bertz CT molecular complexity index is 802. The molecule has 2 aromatic rings. The lowest BCUT2D eigenvalue weighted by Gasteiger charge is -2.10. The van der Waals surface area contributed by atoms with Crippen LogP contribution in [0.1, 0.15) is 38.9 Å². The smallest absolute Gasteiger partial charge is 0.339 e. The molecule has 3 rings (SSSR count). The van der Waals surface area contributed by atoms with Gasteiger partial charge in [-0.05, 0) is 43.7 Å². The van der Waals surface area contributed by atoms with E-state index in [0.717, 1.165) is 17.7 Å². The SMILES string of the molecule is CCOC(=O)c1cnc(C)c(NC(=O)c2ccc3c(c2)CCO3)c1. The number of ether oxygens (including phenoxy) is 2. The number of fused-ring (bicyclic) bond motifs is 1. The number of nitrogens with zero attached hydrogens (tertiary/aromatic N) is 1. The molecule has 0 aliphatic carbocycles. The van der Waals surface area contributed by atoms with Gasteiger partial charge in [0, 0.05) is 18.2 Å². The third-order valence-electron chi connectivity index (χ3n) is 3.80. The van der Waals surface area contributed by atoms with Gasteiger partial charge in [-0.25, -0.2) is 4.79 Å². The zero-order valence-corrected chi connectivity index (χ0v) is 13.6. The summed E-state index contributed by atoms with van der Waals surface area (Å²) in [5.74, 6) is 0.111. The van der Waals surface area contributed by atoms with Crippen LogP contribution in [0, 0.1) is 6.92 Å². The number of nitrogens with one attached hydrogen (secondary N) is 1. The monoisotopic (exact) mass is 326 g/mol. The van der Waals surface area contributed by atoms with Gasteiger partial charge in [0.2, 0.25) is 0 Å². The van der Waals surface area contributed by atoms with E-state index in [1.807, 2.05) is 6.07 Å². The molecule has 0 saturated heterocycles. The maximum absolute atomic E-state index is 12.5. The molecule has 0 atom stereocenters. The van der Waals surface area contributed by atoms with Crippen molar-refractivity contribution in [3.63, 3.8) is 0 Å². The number of hydrogen-bond acceptors (Lipinski definition) is 5. The molecule has 0 spiro atoms. The summed E-state index contributed by atoms with van der Waals surface area (Å²) in [6, 6.07) is 6.93. The lowest BCUT2D eigenvalue weighted by Crippen LogP contribution is -2.15. The van der Waals surface area contributed by atoms with Crippen molar-refractivity contribution in [1.29, 1.82) is 0 Å². The molecule has 1 N–H and O–H groups in total. The first-order valence-corrected chi connectivity index (χ1v) is 7.79. The molecule has 124 valence electrons. The Morgan fingerprint density at radius 1 is 1.29 bits per heavy atom. The van der Waals surface area contributed by atoms with Crippen LogP contribution in [0.3, 0.4) is 0 Å². The van der Waals surface area contributed by atoms with Crippen molar-refractivity contribution in [2.24, 2.45) is 0 Å². The second kappa shape index (κ2) is 6.70. The molecule has 2 heterocycles. The zero-order valence-electron chi connectivity index (χ0n) is 13.6. The molecule has 0 fully saturated rings. The first kappa shape index (κ1) is 16.0. The Hall–Kier alpha value is -2.89. The third kappa shape index (κ3) is 3.22. The third-order valence-corrected chi connectivity index (χ3v) is 3.80. The highest BCUT2D eigenvalue weighted by Crippen LogP contribution is 2.26. The quantitative estimate of drug-likeness (QED) is 0.874. The highest BCUT2D eigenvalue weighted by atomic mass is 16.5.